The number of carbonyl (C=O) groups is 1. The molecule has 0 fully saturated rings. The molecule has 0 saturated heterocycles. The first-order chi connectivity index (χ1) is 7.52. The topological polar surface area (TPSA) is 79.5 Å². The Balaban J connectivity index is 2.63. The van der Waals surface area contributed by atoms with Crippen LogP contribution in [-0.2, 0) is 17.8 Å². The van der Waals surface area contributed by atoms with Gasteiger partial charge in [0.25, 0.3) is 0 Å². The first-order valence-electron chi connectivity index (χ1n) is 5.30. The lowest BCUT2D eigenvalue weighted by Gasteiger charge is -2.22. The quantitative estimate of drug-likeness (QED) is 0.778. The number of rotatable bonds is 6. The fourth-order valence-corrected chi connectivity index (χ4v) is 1.26. The van der Waals surface area contributed by atoms with E-state index in [9.17, 15) is 4.79 Å². The van der Waals surface area contributed by atoms with Crippen LogP contribution in [0.5, 0.6) is 0 Å². The van der Waals surface area contributed by atoms with Gasteiger partial charge in [0.1, 0.15) is 0 Å². The van der Waals surface area contributed by atoms with Gasteiger partial charge in [-0.25, -0.2) is 0 Å². The number of carboxylic acids is 1. The fraction of sp³-hybridized carbons (Fsp3) is 0.700. The minimum absolute atomic E-state index is 0.0263. The monoisotopic (exact) mass is 227 g/mol. The SMILES string of the molecule is CCc1nnc(CN(CC(=O)O)C(C)C)o1. The third kappa shape index (κ3) is 3.62. The van der Waals surface area contributed by atoms with Gasteiger partial charge in [0.15, 0.2) is 0 Å². The minimum atomic E-state index is -0.857. The summed E-state index contributed by atoms with van der Waals surface area (Å²) in [4.78, 5) is 12.4. The molecule has 0 aliphatic heterocycles. The van der Waals surface area contributed by atoms with Crippen LogP contribution < -0.4 is 0 Å². The number of aryl methyl sites for hydroxylation is 1. The Kier molecular flexibility index (Phi) is 4.42. The van der Waals surface area contributed by atoms with Crippen molar-refractivity contribution in [3.63, 3.8) is 0 Å². The fourth-order valence-electron chi connectivity index (χ4n) is 1.26. The van der Waals surface area contributed by atoms with Crippen LogP contribution in [0.2, 0.25) is 0 Å². The van der Waals surface area contributed by atoms with E-state index in [2.05, 4.69) is 10.2 Å². The van der Waals surface area contributed by atoms with Gasteiger partial charge in [-0.2, -0.15) is 0 Å². The summed E-state index contributed by atoms with van der Waals surface area (Å²) in [6.45, 7) is 6.13. The maximum Gasteiger partial charge on any atom is 0.317 e. The standard InChI is InChI=1S/C10H17N3O3/c1-4-8-11-12-9(16-8)5-13(7(2)3)6-10(14)15/h7H,4-6H2,1-3H3,(H,14,15). The van der Waals surface area contributed by atoms with E-state index in [4.69, 9.17) is 9.52 Å². The molecule has 0 bridgehead atoms. The van der Waals surface area contributed by atoms with Crippen molar-refractivity contribution in [3.05, 3.63) is 11.8 Å². The van der Waals surface area contributed by atoms with Crippen LogP contribution in [0.1, 0.15) is 32.6 Å². The highest BCUT2D eigenvalue weighted by molar-refractivity contribution is 5.69. The zero-order chi connectivity index (χ0) is 12.1. The molecule has 0 saturated carbocycles. The summed E-state index contributed by atoms with van der Waals surface area (Å²) < 4.78 is 5.34. The lowest BCUT2D eigenvalue weighted by Crippen LogP contribution is -2.35. The first-order valence-corrected chi connectivity index (χ1v) is 5.30. The summed E-state index contributed by atoms with van der Waals surface area (Å²) in [5.41, 5.74) is 0. The van der Waals surface area contributed by atoms with Gasteiger partial charge in [-0.1, -0.05) is 6.92 Å². The lowest BCUT2D eigenvalue weighted by molar-refractivity contribution is -0.139. The van der Waals surface area contributed by atoms with Gasteiger partial charge in [0.05, 0.1) is 13.1 Å². The van der Waals surface area contributed by atoms with Crippen molar-refractivity contribution in [1.29, 1.82) is 0 Å². The molecule has 0 aliphatic carbocycles. The Labute approximate surface area is 94.3 Å². The highest BCUT2D eigenvalue weighted by Gasteiger charge is 2.16. The van der Waals surface area contributed by atoms with Crippen LogP contribution in [0.15, 0.2) is 4.42 Å². The molecule has 0 aliphatic rings. The van der Waals surface area contributed by atoms with Gasteiger partial charge in [-0.15, -0.1) is 10.2 Å². The van der Waals surface area contributed by atoms with Crippen LogP contribution in [0.3, 0.4) is 0 Å². The molecule has 0 aromatic carbocycles. The Morgan fingerprint density at radius 1 is 1.44 bits per heavy atom. The third-order valence-corrected chi connectivity index (χ3v) is 2.22. The molecule has 1 aromatic rings. The maximum absolute atomic E-state index is 10.7. The molecule has 1 rings (SSSR count). The summed E-state index contributed by atoms with van der Waals surface area (Å²) in [7, 11) is 0. The highest BCUT2D eigenvalue weighted by Crippen LogP contribution is 2.07. The molecule has 1 N–H and O–H groups in total. The number of nitrogens with zero attached hydrogens (tertiary/aromatic N) is 3. The smallest absolute Gasteiger partial charge is 0.317 e. The van der Waals surface area contributed by atoms with E-state index in [1.807, 2.05) is 20.8 Å². The van der Waals surface area contributed by atoms with Crippen molar-refractivity contribution >= 4 is 5.97 Å². The molecule has 1 aromatic heterocycles. The van der Waals surface area contributed by atoms with Gasteiger partial charge in [0.2, 0.25) is 11.8 Å². The molecule has 6 heteroatoms. The molecule has 90 valence electrons. The van der Waals surface area contributed by atoms with Crippen molar-refractivity contribution in [3.8, 4) is 0 Å². The van der Waals surface area contributed by atoms with Gasteiger partial charge in [-0.05, 0) is 13.8 Å². The van der Waals surface area contributed by atoms with Crippen LogP contribution >= 0.6 is 0 Å². The molecule has 0 unspecified atom stereocenters. The zero-order valence-electron chi connectivity index (χ0n) is 9.80. The number of hydrogen-bond donors (Lipinski definition) is 1. The molecular weight excluding hydrogens is 210 g/mol. The van der Waals surface area contributed by atoms with E-state index in [1.54, 1.807) is 4.90 Å². The van der Waals surface area contributed by atoms with E-state index in [0.29, 0.717) is 24.7 Å². The maximum atomic E-state index is 10.7. The summed E-state index contributed by atoms with van der Waals surface area (Å²) in [6.07, 6.45) is 0.688. The molecule has 6 nitrogen and oxygen atoms in total. The summed E-state index contributed by atoms with van der Waals surface area (Å²) in [5.74, 6) is 0.185. The van der Waals surface area contributed by atoms with Gasteiger partial charge in [0, 0.05) is 12.5 Å². The predicted octanol–water partition coefficient (Wildman–Crippen LogP) is 0.927. The van der Waals surface area contributed by atoms with Crippen LogP contribution in [0, 0.1) is 0 Å². The Morgan fingerprint density at radius 2 is 2.06 bits per heavy atom. The largest absolute Gasteiger partial charge is 0.480 e. The van der Waals surface area contributed by atoms with Crippen LogP contribution in [-0.4, -0.2) is 38.8 Å². The van der Waals surface area contributed by atoms with Gasteiger partial charge >= 0.3 is 5.97 Å². The lowest BCUT2D eigenvalue weighted by atomic mass is 10.3. The second-order valence-corrected chi connectivity index (χ2v) is 3.84. The second-order valence-electron chi connectivity index (χ2n) is 3.84. The summed E-state index contributed by atoms with van der Waals surface area (Å²) in [6, 6.07) is 0.119. The zero-order valence-corrected chi connectivity index (χ0v) is 9.80. The third-order valence-electron chi connectivity index (χ3n) is 2.22. The van der Waals surface area contributed by atoms with E-state index in [-0.39, 0.29) is 12.6 Å². The average Bonchev–Trinajstić information content (AvgIpc) is 2.63. The highest BCUT2D eigenvalue weighted by atomic mass is 16.4. The van der Waals surface area contributed by atoms with E-state index in [1.165, 1.54) is 0 Å². The number of aromatic nitrogens is 2. The average molecular weight is 227 g/mol. The number of hydrogen-bond acceptors (Lipinski definition) is 5. The van der Waals surface area contributed by atoms with Crippen molar-refractivity contribution in [2.75, 3.05) is 6.54 Å². The molecule has 0 atom stereocenters. The van der Waals surface area contributed by atoms with Crippen LogP contribution in [0.25, 0.3) is 0 Å². The van der Waals surface area contributed by atoms with Gasteiger partial charge < -0.3 is 9.52 Å². The van der Waals surface area contributed by atoms with E-state index in [0.717, 1.165) is 0 Å². The molecule has 16 heavy (non-hydrogen) atoms. The van der Waals surface area contributed by atoms with Crippen molar-refractivity contribution < 1.29 is 14.3 Å². The molecule has 0 radical (unpaired) electrons. The first kappa shape index (κ1) is 12.6. The normalized spacial score (nSPS) is 11.3. The van der Waals surface area contributed by atoms with E-state index >= 15 is 0 Å². The van der Waals surface area contributed by atoms with E-state index < -0.39 is 5.97 Å². The number of carboxylic acid groups (broad SMARTS) is 1. The molecular formula is C10H17N3O3. The van der Waals surface area contributed by atoms with Gasteiger partial charge in [-0.3, -0.25) is 9.69 Å². The summed E-state index contributed by atoms with van der Waals surface area (Å²) in [5, 5.41) is 16.5. The van der Waals surface area contributed by atoms with Crippen molar-refractivity contribution in [1.82, 2.24) is 15.1 Å². The molecule has 0 spiro atoms. The van der Waals surface area contributed by atoms with Crippen LogP contribution in [0.4, 0.5) is 0 Å². The second kappa shape index (κ2) is 5.60. The van der Waals surface area contributed by atoms with Crippen molar-refractivity contribution in [2.45, 2.75) is 39.8 Å². The minimum Gasteiger partial charge on any atom is -0.480 e. The Bertz CT molecular complexity index is 349. The predicted molar refractivity (Wildman–Crippen MR) is 56.9 cm³/mol. The Morgan fingerprint density at radius 3 is 2.50 bits per heavy atom. The van der Waals surface area contributed by atoms with Crippen molar-refractivity contribution in [2.24, 2.45) is 0 Å². The Hall–Kier alpha value is -1.43. The number of aliphatic carboxylic acids is 1. The molecule has 0 amide bonds. The molecule has 1 heterocycles. The summed E-state index contributed by atoms with van der Waals surface area (Å²) >= 11 is 0.